The van der Waals surface area contributed by atoms with Gasteiger partial charge in [-0.3, -0.25) is 18.9 Å². The first-order valence-corrected chi connectivity index (χ1v) is 12.6. The van der Waals surface area contributed by atoms with Crippen LogP contribution in [0.1, 0.15) is 12.5 Å². The van der Waals surface area contributed by atoms with Crippen LogP contribution in [0.2, 0.25) is 0 Å². The number of H-pyrrole nitrogens is 1. The number of aliphatic hydroxyl groups excluding tert-OH is 3. The fourth-order valence-electron chi connectivity index (χ4n) is 4.83. The van der Waals surface area contributed by atoms with E-state index in [0.29, 0.717) is 0 Å². The van der Waals surface area contributed by atoms with Crippen molar-refractivity contribution in [3.63, 3.8) is 0 Å². The van der Waals surface area contributed by atoms with E-state index in [9.17, 15) is 24.9 Å². The predicted molar refractivity (Wildman–Crippen MR) is 136 cm³/mol. The maximum atomic E-state index is 12.4. The molecule has 18 nitrogen and oxygen atoms in total. The van der Waals surface area contributed by atoms with Crippen molar-refractivity contribution in [3.8, 4) is 6.01 Å². The van der Waals surface area contributed by atoms with E-state index in [0.717, 1.165) is 10.6 Å². The number of ether oxygens (including phenoxy) is 6. The van der Waals surface area contributed by atoms with Gasteiger partial charge in [-0.2, -0.15) is 9.97 Å². The predicted octanol–water partition coefficient (Wildman–Crippen LogP) is -3.11. The molecule has 41 heavy (non-hydrogen) atoms. The zero-order valence-corrected chi connectivity index (χ0v) is 22.1. The van der Waals surface area contributed by atoms with Crippen LogP contribution in [-0.2, 0) is 23.7 Å². The second-order valence-electron chi connectivity index (χ2n) is 9.37. The highest BCUT2D eigenvalue weighted by Crippen LogP contribution is 2.35. The average molecular weight is 582 g/mol. The third-order valence-electron chi connectivity index (χ3n) is 6.88. The third kappa shape index (κ3) is 5.55. The maximum Gasteiger partial charge on any atom is 0.330 e. The van der Waals surface area contributed by atoms with Crippen LogP contribution in [0.3, 0.4) is 0 Å². The number of anilines is 1. The van der Waals surface area contributed by atoms with Gasteiger partial charge in [-0.1, -0.05) is 0 Å². The molecular formula is C23H31N7O11. The molecule has 0 unspecified atom stereocenters. The fourth-order valence-corrected chi connectivity index (χ4v) is 4.83. The van der Waals surface area contributed by atoms with Gasteiger partial charge < -0.3 is 49.5 Å². The second-order valence-corrected chi connectivity index (χ2v) is 9.37. The summed E-state index contributed by atoms with van der Waals surface area (Å²) in [4.78, 5) is 38.8. The van der Waals surface area contributed by atoms with Crippen LogP contribution in [0, 0.1) is 0 Å². The van der Waals surface area contributed by atoms with Crippen molar-refractivity contribution >= 4 is 17.0 Å². The molecule has 0 radical (unpaired) electrons. The molecule has 5 heterocycles. The summed E-state index contributed by atoms with van der Waals surface area (Å²) in [7, 11) is 2.88. The molecule has 3 aromatic rings. The SMILES string of the molecule is COCCO[C@H]1[C@@H](O)[C@@H](COc2nc(N)c3ncn([C@@H]4O[C@H](CO)[C@H](O)[C@@H]4OC)c3n2)O[C@H]1n1ccc(=O)[nH]c1=O. The quantitative estimate of drug-likeness (QED) is 0.141. The normalized spacial score (nSPS) is 29.9. The molecule has 18 heteroatoms. The molecule has 2 saturated heterocycles. The van der Waals surface area contributed by atoms with Gasteiger partial charge in [0.1, 0.15) is 43.2 Å². The van der Waals surface area contributed by atoms with Crippen molar-refractivity contribution < 1.29 is 43.7 Å². The van der Waals surface area contributed by atoms with Crippen molar-refractivity contribution in [3.05, 3.63) is 39.4 Å². The molecule has 224 valence electrons. The highest BCUT2D eigenvalue weighted by molar-refractivity contribution is 5.82. The number of aliphatic hydroxyl groups is 3. The van der Waals surface area contributed by atoms with Gasteiger partial charge in [0.25, 0.3) is 5.56 Å². The van der Waals surface area contributed by atoms with E-state index >= 15 is 0 Å². The first kappa shape index (κ1) is 29.0. The first-order chi connectivity index (χ1) is 19.8. The van der Waals surface area contributed by atoms with Gasteiger partial charge in [0.2, 0.25) is 0 Å². The lowest BCUT2D eigenvalue weighted by Crippen LogP contribution is -2.40. The lowest BCUT2D eigenvalue weighted by Gasteiger charge is -2.22. The molecule has 5 rings (SSSR count). The Balaban J connectivity index is 1.37. The molecule has 0 aromatic carbocycles. The highest BCUT2D eigenvalue weighted by atomic mass is 16.6. The molecule has 0 bridgehead atoms. The Morgan fingerprint density at radius 2 is 1.78 bits per heavy atom. The number of imidazole rings is 1. The molecular weight excluding hydrogens is 550 g/mol. The lowest BCUT2D eigenvalue weighted by molar-refractivity contribution is -0.0814. The van der Waals surface area contributed by atoms with Gasteiger partial charge in [0.15, 0.2) is 29.4 Å². The van der Waals surface area contributed by atoms with E-state index in [2.05, 4.69) is 19.9 Å². The number of fused-ring (bicyclic) bond motifs is 1. The second kappa shape index (κ2) is 12.2. The molecule has 3 aromatic heterocycles. The molecule has 2 aliphatic heterocycles. The Bertz CT molecular complexity index is 1460. The van der Waals surface area contributed by atoms with Crippen molar-refractivity contribution in [1.82, 2.24) is 29.1 Å². The summed E-state index contributed by atoms with van der Waals surface area (Å²) >= 11 is 0. The Morgan fingerprint density at radius 1 is 1.05 bits per heavy atom. The molecule has 0 amide bonds. The number of nitrogens with one attached hydrogen (secondary N) is 1. The molecule has 2 aliphatic rings. The Kier molecular flexibility index (Phi) is 8.61. The summed E-state index contributed by atoms with van der Waals surface area (Å²) in [5.41, 5.74) is 5.20. The lowest BCUT2D eigenvalue weighted by atomic mass is 10.1. The van der Waals surface area contributed by atoms with Crippen LogP contribution in [0.25, 0.3) is 11.2 Å². The van der Waals surface area contributed by atoms with Gasteiger partial charge in [0, 0.05) is 26.5 Å². The van der Waals surface area contributed by atoms with Crippen molar-refractivity contribution in [2.75, 3.05) is 46.4 Å². The summed E-state index contributed by atoms with van der Waals surface area (Å²) < 4.78 is 36.1. The number of aromatic amines is 1. The maximum absolute atomic E-state index is 12.4. The summed E-state index contributed by atoms with van der Waals surface area (Å²) in [5.74, 6) is -0.0127. The van der Waals surface area contributed by atoms with E-state index in [4.69, 9.17) is 34.2 Å². The van der Waals surface area contributed by atoms with Crippen molar-refractivity contribution in [2.45, 2.75) is 49.1 Å². The highest BCUT2D eigenvalue weighted by Gasteiger charge is 2.47. The van der Waals surface area contributed by atoms with Gasteiger partial charge in [-0.15, -0.1) is 0 Å². The topological polar surface area (TPSA) is 241 Å². The summed E-state index contributed by atoms with van der Waals surface area (Å²) in [6.07, 6.45) is -5.45. The van der Waals surface area contributed by atoms with Crippen molar-refractivity contribution in [1.29, 1.82) is 0 Å². The van der Waals surface area contributed by atoms with Crippen LogP contribution >= 0.6 is 0 Å². The van der Waals surface area contributed by atoms with Crippen LogP contribution in [-0.4, -0.2) is 122 Å². The summed E-state index contributed by atoms with van der Waals surface area (Å²) in [5, 5.41) is 31.0. The minimum Gasteiger partial charge on any atom is -0.460 e. The molecule has 6 N–H and O–H groups in total. The standard InChI is InChI=1S/C23H31N7O11/c1-36-5-6-38-17-15(34)11(41-21(17)29-4-3-12(32)26-23(29)35)8-39-22-27-18(24)13-19(28-22)30(9-25-13)20-16(37-2)14(33)10(7-31)40-20/h3-4,9-11,14-17,20-21,31,33-34H,5-8H2,1-2H3,(H2,24,27,28)(H,26,32,35)/t10-,11-,14+,15+,16+,17+,20-,21-/m1/s1. The van der Waals surface area contributed by atoms with E-state index < -0.39 is 66.9 Å². The Hall–Kier alpha value is -3.49. The van der Waals surface area contributed by atoms with Crippen LogP contribution in [0.15, 0.2) is 28.2 Å². The van der Waals surface area contributed by atoms with E-state index in [1.165, 1.54) is 31.3 Å². The molecule has 0 aliphatic carbocycles. The number of rotatable bonds is 11. The zero-order chi connectivity index (χ0) is 29.3. The number of hydrogen-bond donors (Lipinski definition) is 5. The van der Waals surface area contributed by atoms with Crippen molar-refractivity contribution in [2.24, 2.45) is 0 Å². The minimum absolute atomic E-state index is 0.0127. The first-order valence-electron chi connectivity index (χ1n) is 12.6. The zero-order valence-electron chi connectivity index (χ0n) is 22.1. The molecule has 0 spiro atoms. The largest absolute Gasteiger partial charge is 0.460 e. The van der Waals surface area contributed by atoms with Gasteiger partial charge in [-0.05, 0) is 0 Å². The molecule has 2 fully saturated rings. The average Bonchev–Trinajstić information content (AvgIpc) is 3.61. The summed E-state index contributed by atoms with van der Waals surface area (Å²) in [6, 6.07) is 0.965. The van der Waals surface area contributed by atoms with Crippen LogP contribution < -0.4 is 21.7 Å². The number of aromatic nitrogens is 6. The number of nitrogens with zero attached hydrogens (tertiary/aromatic N) is 5. The molecule has 8 atom stereocenters. The van der Waals surface area contributed by atoms with E-state index in [1.54, 1.807) is 0 Å². The van der Waals surface area contributed by atoms with E-state index in [-0.39, 0.29) is 42.8 Å². The smallest absolute Gasteiger partial charge is 0.330 e. The Labute approximate surface area is 231 Å². The monoisotopic (exact) mass is 581 g/mol. The number of nitrogens with two attached hydrogens (primary N) is 1. The number of nitrogen functional groups attached to an aromatic ring is 1. The Morgan fingerprint density at radius 3 is 2.49 bits per heavy atom. The van der Waals surface area contributed by atoms with Gasteiger partial charge in [-0.25, -0.2) is 9.78 Å². The minimum atomic E-state index is -1.26. The molecule has 0 saturated carbocycles. The van der Waals surface area contributed by atoms with Gasteiger partial charge in [0.05, 0.1) is 26.1 Å². The van der Waals surface area contributed by atoms with Crippen LogP contribution in [0.4, 0.5) is 5.82 Å². The summed E-state index contributed by atoms with van der Waals surface area (Å²) in [6.45, 7) is -0.378. The van der Waals surface area contributed by atoms with Gasteiger partial charge >= 0.3 is 11.7 Å². The van der Waals surface area contributed by atoms with Crippen LogP contribution in [0.5, 0.6) is 6.01 Å². The number of hydrogen-bond acceptors (Lipinski definition) is 15. The fraction of sp³-hybridized carbons (Fsp3) is 0.609. The number of methoxy groups -OCH3 is 2. The van der Waals surface area contributed by atoms with E-state index in [1.807, 2.05) is 0 Å². The third-order valence-corrected chi connectivity index (χ3v) is 6.88.